The van der Waals surface area contributed by atoms with Crippen molar-refractivity contribution in [2.24, 2.45) is 0 Å². The van der Waals surface area contributed by atoms with Crippen LogP contribution < -0.4 is 4.74 Å². The van der Waals surface area contributed by atoms with Gasteiger partial charge in [0, 0.05) is 38.9 Å². The van der Waals surface area contributed by atoms with E-state index >= 15 is 0 Å². The monoisotopic (exact) mass is 798 g/mol. The summed E-state index contributed by atoms with van der Waals surface area (Å²) in [7, 11) is 0. The van der Waals surface area contributed by atoms with Crippen molar-refractivity contribution in [1.82, 2.24) is 29.9 Å². The molecule has 0 bridgehead atoms. The van der Waals surface area contributed by atoms with Gasteiger partial charge >= 0.3 is 0 Å². The van der Waals surface area contributed by atoms with E-state index in [-0.39, 0.29) is 0 Å². The maximum Gasteiger partial charge on any atom is 0.187 e. The van der Waals surface area contributed by atoms with Crippen molar-refractivity contribution in [1.29, 1.82) is 5.26 Å². The molecule has 9 heteroatoms. The zero-order valence-corrected chi connectivity index (χ0v) is 33.7. The number of rotatable bonds is 7. The Balaban J connectivity index is 1.20. The number of nitrogens with zero attached hydrogens (tertiary/aromatic N) is 8. The summed E-state index contributed by atoms with van der Waals surface area (Å²) in [5.41, 5.74) is 9.89. The van der Waals surface area contributed by atoms with Crippen LogP contribution in [0.4, 0.5) is 5.69 Å². The molecule has 2 aromatic heterocycles. The van der Waals surface area contributed by atoms with Crippen molar-refractivity contribution in [2.75, 3.05) is 0 Å². The van der Waals surface area contributed by atoms with Gasteiger partial charge in [0.2, 0.25) is 0 Å². The molecule has 10 rings (SSSR count). The summed E-state index contributed by atoms with van der Waals surface area (Å²) >= 11 is 0. The fourth-order valence-electron chi connectivity index (χ4n) is 7.71. The molecule has 9 nitrogen and oxygen atoms in total. The molecule has 3 heterocycles. The number of fused-ring (bicyclic) bond motifs is 3. The predicted molar refractivity (Wildman–Crippen MR) is 241 cm³/mol. The van der Waals surface area contributed by atoms with Crippen LogP contribution in [0.15, 0.2) is 170 Å². The van der Waals surface area contributed by atoms with Gasteiger partial charge in [-0.25, -0.2) is 34.7 Å². The molecule has 7 aromatic carbocycles. The van der Waals surface area contributed by atoms with Crippen LogP contribution in [0.5, 0.6) is 5.75 Å². The standard InChI is InChI=1S/C53H34N8O/c1-53(2)45-31-42(55-3)24-26-43(45)44-25-23-38(30-46(44)62-53)39-27-40(51-58-47(34-13-7-4-8-14-34)56-48(59-51)35-15-9-5-10-16-35)29-41(28-39)52-60-49(36-17-11-6-12-18-36)57-50(61-52)37-21-19-33(32-54)20-22-37/h4-31H,1-2H3. The molecule has 1 aliphatic heterocycles. The number of aromatic nitrogens is 6. The zero-order valence-electron chi connectivity index (χ0n) is 33.7. The van der Waals surface area contributed by atoms with Crippen LogP contribution in [-0.4, -0.2) is 29.9 Å². The van der Waals surface area contributed by atoms with Gasteiger partial charge in [0.05, 0.1) is 18.2 Å². The molecule has 1 aliphatic rings. The number of ether oxygens (including phenoxy) is 1. The van der Waals surface area contributed by atoms with Gasteiger partial charge in [-0.15, -0.1) is 0 Å². The van der Waals surface area contributed by atoms with Gasteiger partial charge in [0.25, 0.3) is 0 Å². The molecule has 0 radical (unpaired) electrons. The Labute approximate surface area is 358 Å². The maximum atomic E-state index is 9.52. The van der Waals surface area contributed by atoms with Crippen LogP contribution in [0, 0.1) is 17.9 Å². The number of nitriles is 1. The average molecular weight is 799 g/mol. The first-order valence-corrected chi connectivity index (χ1v) is 20.0. The SMILES string of the molecule is [C-]#[N+]c1ccc2c(c1)C(C)(C)Oc1cc(-c3cc(-c4nc(-c5ccccc5)nc(-c5ccccc5)n4)cc(-c4nc(-c5ccccc5)nc(-c5ccc(C#N)cc5)n4)c3)ccc1-2. The summed E-state index contributed by atoms with van der Waals surface area (Å²) in [6.45, 7) is 11.7. The van der Waals surface area contributed by atoms with Gasteiger partial charge in [-0.2, -0.15) is 5.26 Å². The van der Waals surface area contributed by atoms with E-state index in [2.05, 4.69) is 41.2 Å². The molecule has 0 saturated carbocycles. The Hall–Kier alpha value is -8.66. The topological polar surface area (TPSA) is 115 Å². The summed E-state index contributed by atoms with van der Waals surface area (Å²) in [5, 5.41) is 9.52. The second-order valence-corrected chi connectivity index (χ2v) is 15.4. The molecule has 0 unspecified atom stereocenters. The van der Waals surface area contributed by atoms with Crippen LogP contribution in [0.25, 0.3) is 95.4 Å². The minimum Gasteiger partial charge on any atom is -0.483 e. The Morgan fingerprint density at radius 1 is 0.452 bits per heavy atom. The summed E-state index contributed by atoms with van der Waals surface area (Å²) in [6.07, 6.45) is 0. The minimum absolute atomic E-state index is 0.446. The van der Waals surface area contributed by atoms with Crippen molar-refractivity contribution in [3.8, 4) is 102 Å². The Kier molecular flexibility index (Phi) is 9.40. The molecule has 0 N–H and O–H groups in total. The molecule has 62 heavy (non-hydrogen) atoms. The Morgan fingerprint density at radius 2 is 0.871 bits per heavy atom. The van der Waals surface area contributed by atoms with Gasteiger partial charge in [0.1, 0.15) is 11.4 Å². The lowest BCUT2D eigenvalue weighted by Gasteiger charge is -2.35. The first kappa shape index (κ1) is 37.6. The van der Waals surface area contributed by atoms with Gasteiger partial charge < -0.3 is 4.74 Å². The summed E-state index contributed by atoms with van der Waals surface area (Å²) in [4.78, 5) is 33.9. The first-order valence-electron chi connectivity index (χ1n) is 20.0. The second kappa shape index (κ2) is 15.5. The molecule has 0 spiro atoms. The minimum atomic E-state index is -0.679. The zero-order chi connectivity index (χ0) is 42.2. The highest BCUT2D eigenvalue weighted by Gasteiger charge is 2.33. The van der Waals surface area contributed by atoms with Gasteiger partial charge in [-0.05, 0) is 90.7 Å². The van der Waals surface area contributed by atoms with E-state index in [0.717, 1.165) is 61.4 Å². The highest BCUT2D eigenvalue weighted by molar-refractivity contribution is 5.85. The quantitative estimate of drug-likeness (QED) is 0.146. The first-order chi connectivity index (χ1) is 30.3. The molecule has 0 aliphatic carbocycles. The summed E-state index contributed by atoms with van der Waals surface area (Å²) in [6, 6.07) is 57.2. The van der Waals surface area contributed by atoms with Gasteiger partial charge in [-0.1, -0.05) is 115 Å². The summed E-state index contributed by atoms with van der Waals surface area (Å²) < 4.78 is 6.72. The third-order valence-electron chi connectivity index (χ3n) is 10.8. The molecular formula is C53H34N8O. The van der Waals surface area contributed by atoms with E-state index in [4.69, 9.17) is 41.2 Å². The van der Waals surface area contributed by atoms with E-state index in [1.807, 2.05) is 141 Å². The van der Waals surface area contributed by atoms with Gasteiger partial charge in [0.15, 0.2) is 40.6 Å². The van der Waals surface area contributed by atoms with Crippen molar-refractivity contribution in [3.63, 3.8) is 0 Å². The average Bonchev–Trinajstić information content (AvgIpc) is 3.34. The van der Waals surface area contributed by atoms with Crippen LogP contribution in [0.1, 0.15) is 25.0 Å². The molecule has 9 aromatic rings. The van der Waals surface area contributed by atoms with Gasteiger partial charge in [-0.3, -0.25) is 0 Å². The van der Waals surface area contributed by atoms with E-state index in [1.165, 1.54) is 0 Å². The van der Waals surface area contributed by atoms with Crippen molar-refractivity contribution in [2.45, 2.75) is 19.4 Å². The largest absolute Gasteiger partial charge is 0.483 e. The molecule has 292 valence electrons. The van der Waals surface area contributed by atoms with Crippen molar-refractivity contribution in [3.05, 3.63) is 192 Å². The fourth-order valence-corrected chi connectivity index (χ4v) is 7.71. The molecule has 0 fully saturated rings. The van der Waals surface area contributed by atoms with E-state index in [1.54, 1.807) is 12.1 Å². The number of benzene rings is 7. The third-order valence-corrected chi connectivity index (χ3v) is 10.8. The lowest BCUT2D eigenvalue weighted by atomic mass is 9.85. The van der Waals surface area contributed by atoms with E-state index in [0.29, 0.717) is 51.8 Å². The van der Waals surface area contributed by atoms with E-state index in [9.17, 15) is 5.26 Å². The van der Waals surface area contributed by atoms with E-state index < -0.39 is 5.60 Å². The molecular weight excluding hydrogens is 765 g/mol. The Bertz CT molecular complexity index is 3190. The van der Waals surface area contributed by atoms with Crippen molar-refractivity contribution < 1.29 is 4.74 Å². The fraction of sp³-hybridized carbons (Fsp3) is 0.0566. The molecule has 0 amide bonds. The Morgan fingerprint density at radius 3 is 1.34 bits per heavy atom. The lowest BCUT2D eigenvalue weighted by molar-refractivity contribution is 0.106. The van der Waals surface area contributed by atoms with Crippen LogP contribution in [0.2, 0.25) is 0 Å². The number of hydrogen-bond acceptors (Lipinski definition) is 8. The van der Waals surface area contributed by atoms with Crippen LogP contribution >= 0.6 is 0 Å². The van der Waals surface area contributed by atoms with Crippen LogP contribution in [0.3, 0.4) is 0 Å². The lowest BCUT2D eigenvalue weighted by Crippen LogP contribution is -2.29. The highest BCUT2D eigenvalue weighted by atomic mass is 16.5. The van der Waals surface area contributed by atoms with Crippen molar-refractivity contribution >= 4 is 5.69 Å². The number of hydrogen-bond donors (Lipinski definition) is 0. The van der Waals surface area contributed by atoms with Crippen LogP contribution in [-0.2, 0) is 5.60 Å². The highest BCUT2D eigenvalue weighted by Crippen LogP contribution is 2.48. The predicted octanol–water partition coefficient (Wildman–Crippen LogP) is 12.4. The second-order valence-electron chi connectivity index (χ2n) is 15.4. The molecule has 0 saturated heterocycles. The smallest absolute Gasteiger partial charge is 0.187 e. The summed E-state index contributed by atoms with van der Waals surface area (Å²) in [5.74, 6) is 3.71. The maximum absolute atomic E-state index is 9.52. The normalized spacial score (nSPS) is 12.3. The third kappa shape index (κ3) is 7.21. The molecule has 0 atom stereocenters.